The third-order valence-corrected chi connectivity index (χ3v) is 3.38. The third kappa shape index (κ3) is 3.58. The summed E-state index contributed by atoms with van der Waals surface area (Å²) >= 11 is 3.42. The summed E-state index contributed by atoms with van der Waals surface area (Å²) in [5.41, 5.74) is 4.24. The standard InChI is InChI=1S/C15H22BrNO/c1-5-7-17(8-6-16)15(18)14-12(3)9-11(2)10-13(14)4/h9-10H,5-8H2,1-4H3. The summed E-state index contributed by atoms with van der Waals surface area (Å²) < 4.78 is 0. The molecular weight excluding hydrogens is 290 g/mol. The second kappa shape index (κ2) is 6.93. The summed E-state index contributed by atoms with van der Waals surface area (Å²) in [6.07, 6.45) is 0.989. The minimum absolute atomic E-state index is 0.159. The summed E-state index contributed by atoms with van der Waals surface area (Å²) in [7, 11) is 0. The van der Waals surface area contributed by atoms with Crippen molar-refractivity contribution in [2.24, 2.45) is 0 Å². The number of halogens is 1. The van der Waals surface area contributed by atoms with Crippen LogP contribution < -0.4 is 0 Å². The largest absolute Gasteiger partial charge is 0.338 e. The molecule has 100 valence electrons. The number of hydrogen-bond acceptors (Lipinski definition) is 1. The van der Waals surface area contributed by atoms with Crippen LogP contribution in [0.2, 0.25) is 0 Å². The lowest BCUT2D eigenvalue weighted by atomic mass is 9.98. The van der Waals surface area contributed by atoms with Crippen molar-refractivity contribution in [1.82, 2.24) is 4.90 Å². The molecule has 0 radical (unpaired) electrons. The first-order valence-electron chi connectivity index (χ1n) is 6.44. The van der Waals surface area contributed by atoms with E-state index in [2.05, 4.69) is 41.9 Å². The lowest BCUT2D eigenvalue weighted by molar-refractivity contribution is 0.0765. The Labute approximate surface area is 119 Å². The van der Waals surface area contributed by atoms with Gasteiger partial charge in [0.1, 0.15) is 0 Å². The molecule has 1 rings (SSSR count). The minimum Gasteiger partial charge on any atom is -0.338 e. The summed E-state index contributed by atoms with van der Waals surface area (Å²) in [6.45, 7) is 9.79. The second-order valence-corrected chi connectivity index (χ2v) is 5.55. The van der Waals surface area contributed by atoms with Crippen molar-refractivity contribution < 1.29 is 4.79 Å². The molecule has 0 saturated heterocycles. The Morgan fingerprint density at radius 3 is 2.17 bits per heavy atom. The molecule has 0 heterocycles. The topological polar surface area (TPSA) is 20.3 Å². The van der Waals surface area contributed by atoms with Crippen LogP contribution >= 0.6 is 15.9 Å². The Hall–Kier alpha value is -0.830. The normalized spacial score (nSPS) is 10.5. The van der Waals surface area contributed by atoms with Gasteiger partial charge in [0.05, 0.1) is 0 Å². The molecule has 0 unspecified atom stereocenters. The van der Waals surface area contributed by atoms with Gasteiger partial charge in [0.15, 0.2) is 0 Å². The Morgan fingerprint density at radius 2 is 1.72 bits per heavy atom. The van der Waals surface area contributed by atoms with Gasteiger partial charge in [-0.05, 0) is 38.3 Å². The van der Waals surface area contributed by atoms with E-state index in [0.717, 1.165) is 41.5 Å². The van der Waals surface area contributed by atoms with Gasteiger partial charge in [-0.3, -0.25) is 4.79 Å². The van der Waals surface area contributed by atoms with Gasteiger partial charge in [-0.1, -0.05) is 40.5 Å². The first kappa shape index (κ1) is 15.2. The van der Waals surface area contributed by atoms with Gasteiger partial charge in [0.2, 0.25) is 0 Å². The molecule has 1 amide bonds. The number of amides is 1. The number of hydrogen-bond donors (Lipinski definition) is 0. The molecule has 3 heteroatoms. The van der Waals surface area contributed by atoms with Crippen molar-refractivity contribution in [1.29, 1.82) is 0 Å². The molecule has 0 bridgehead atoms. The molecule has 1 aromatic rings. The third-order valence-electron chi connectivity index (χ3n) is 3.03. The maximum atomic E-state index is 12.6. The van der Waals surface area contributed by atoms with E-state index in [9.17, 15) is 4.79 Å². The van der Waals surface area contributed by atoms with Gasteiger partial charge in [-0.2, -0.15) is 0 Å². The number of carbonyl (C=O) groups is 1. The van der Waals surface area contributed by atoms with Crippen molar-refractivity contribution >= 4 is 21.8 Å². The Morgan fingerprint density at radius 1 is 1.17 bits per heavy atom. The second-order valence-electron chi connectivity index (χ2n) is 4.75. The van der Waals surface area contributed by atoms with Crippen molar-refractivity contribution in [3.05, 3.63) is 34.4 Å². The highest BCUT2D eigenvalue weighted by molar-refractivity contribution is 9.09. The monoisotopic (exact) mass is 311 g/mol. The fourth-order valence-corrected chi connectivity index (χ4v) is 2.79. The maximum absolute atomic E-state index is 12.6. The molecule has 0 N–H and O–H groups in total. The number of alkyl halides is 1. The molecule has 0 atom stereocenters. The Kier molecular flexibility index (Phi) is 5.86. The van der Waals surface area contributed by atoms with E-state index in [1.807, 2.05) is 18.7 Å². The van der Waals surface area contributed by atoms with E-state index >= 15 is 0 Å². The number of benzene rings is 1. The molecule has 2 nitrogen and oxygen atoms in total. The molecule has 0 spiro atoms. The number of aryl methyl sites for hydroxylation is 3. The van der Waals surface area contributed by atoms with E-state index in [0.29, 0.717) is 0 Å². The average Bonchev–Trinajstić information content (AvgIpc) is 2.27. The smallest absolute Gasteiger partial charge is 0.254 e. The first-order chi connectivity index (χ1) is 8.51. The van der Waals surface area contributed by atoms with Crippen LogP contribution in [0.15, 0.2) is 12.1 Å². The van der Waals surface area contributed by atoms with Crippen molar-refractivity contribution in [2.75, 3.05) is 18.4 Å². The summed E-state index contributed by atoms with van der Waals surface area (Å²) in [5.74, 6) is 0.159. The highest BCUT2D eigenvalue weighted by atomic mass is 79.9. The van der Waals surface area contributed by atoms with E-state index in [1.165, 1.54) is 5.56 Å². The summed E-state index contributed by atoms with van der Waals surface area (Å²) in [6, 6.07) is 4.16. The SMILES string of the molecule is CCCN(CCBr)C(=O)c1c(C)cc(C)cc1C. The predicted octanol–water partition coefficient (Wildman–Crippen LogP) is 3.86. The van der Waals surface area contributed by atoms with Crippen LogP contribution in [0.5, 0.6) is 0 Å². The highest BCUT2D eigenvalue weighted by Gasteiger charge is 2.18. The van der Waals surface area contributed by atoms with Gasteiger partial charge >= 0.3 is 0 Å². The lowest BCUT2D eigenvalue weighted by Crippen LogP contribution is -2.34. The van der Waals surface area contributed by atoms with Gasteiger partial charge in [0.25, 0.3) is 5.91 Å². The van der Waals surface area contributed by atoms with Crippen LogP contribution in [-0.2, 0) is 0 Å². The van der Waals surface area contributed by atoms with Crippen molar-refractivity contribution in [3.63, 3.8) is 0 Å². The Balaban J connectivity index is 3.08. The number of carbonyl (C=O) groups excluding carboxylic acids is 1. The average molecular weight is 312 g/mol. The summed E-state index contributed by atoms with van der Waals surface area (Å²) in [4.78, 5) is 14.5. The van der Waals surface area contributed by atoms with E-state index < -0.39 is 0 Å². The van der Waals surface area contributed by atoms with Crippen LogP contribution in [0, 0.1) is 20.8 Å². The van der Waals surface area contributed by atoms with Gasteiger partial charge in [-0.25, -0.2) is 0 Å². The molecule has 18 heavy (non-hydrogen) atoms. The zero-order valence-electron chi connectivity index (χ0n) is 11.7. The molecular formula is C15H22BrNO. The van der Waals surface area contributed by atoms with Crippen LogP contribution in [0.4, 0.5) is 0 Å². The lowest BCUT2D eigenvalue weighted by Gasteiger charge is -2.23. The molecule has 0 aliphatic rings. The minimum atomic E-state index is 0.159. The molecule has 0 saturated carbocycles. The van der Waals surface area contributed by atoms with E-state index in [1.54, 1.807) is 0 Å². The van der Waals surface area contributed by atoms with Crippen LogP contribution in [-0.4, -0.2) is 29.2 Å². The fourth-order valence-electron chi connectivity index (χ4n) is 2.36. The Bertz CT molecular complexity index is 399. The first-order valence-corrected chi connectivity index (χ1v) is 7.56. The van der Waals surface area contributed by atoms with Crippen molar-refractivity contribution in [3.8, 4) is 0 Å². The van der Waals surface area contributed by atoms with Gasteiger partial charge in [0, 0.05) is 24.0 Å². The van der Waals surface area contributed by atoms with Gasteiger partial charge in [-0.15, -0.1) is 0 Å². The molecule has 0 aliphatic carbocycles. The zero-order chi connectivity index (χ0) is 13.7. The van der Waals surface area contributed by atoms with Gasteiger partial charge < -0.3 is 4.90 Å². The van der Waals surface area contributed by atoms with Crippen molar-refractivity contribution in [2.45, 2.75) is 34.1 Å². The van der Waals surface area contributed by atoms with Crippen LogP contribution in [0.1, 0.15) is 40.4 Å². The molecule has 0 fully saturated rings. The zero-order valence-corrected chi connectivity index (χ0v) is 13.3. The fraction of sp³-hybridized carbons (Fsp3) is 0.533. The number of nitrogens with zero attached hydrogens (tertiary/aromatic N) is 1. The highest BCUT2D eigenvalue weighted by Crippen LogP contribution is 2.18. The summed E-state index contributed by atoms with van der Waals surface area (Å²) in [5, 5.41) is 0.822. The molecule has 0 aliphatic heterocycles. The number of rotatable bonds is 5. The van der Waals surface area contributed by atoms with Crippen LogP contribution in [0.25, 0.3) is 0 Å². The molecule has 1 aromatic carbocycles. The predicted molar refractivity (Wildman–Crippen MR) is 80.6 cm³/mol. The van der Waals surface area contributed by atoms with E-state index in [4.69, 9.17) is 0 Å². The maximum Gasteiger partial charge on any atom is 0.254 e. The molecule has 0 aromatic heterocycles. The van der Waals surface area contributed by atoms with E-state index in [-0.39, 0.29) is 5.91 Å². The van der Waals surface area contributed by atoms with Crippen LogP contribution in [0.3, 0.4) is 0 Å². The quantitative estimate of drug-likeness (QED) is 0.756.